The molecule has 2 aromatic rings. The van der Waals surface area contributed by atoms with Crippen LogP contribution in [0, 0.1) is 12.8 Å². The summed E-state index contributed by atoms with van der Waals surface area (Å²) in [7, 11) is 0. The lowest BCUT2D eigenvalue weighted by molar-refractivity contribution is 0.0695. The number of hydrogen-bond donors (Lipinski definition) is 2. The molecule has 0 radical (unpaired) electrons. The number of hydrogen-bond acceptors (Lipinski definition) is 2. The number of benzene rings is 2. The van der Waals surface area contributed by atoms with Crippen LogP contribution in [0.1, 0.15) is 45.4 Å². The summed E-state index contributed by atoms with van der Waals surface area (Å²) in [5.74, 6) is -0.413. The average molecular weight is 340 g/mol. The minimum atomic E-state index is -0.864. The minimum Gasteiger partial charge on any atom is -0.478 e. The lowest BCUT2D eigenvalue weighted by atomic mass is 9.75. The average Bonchev–Trinajstić information content (AvgIpc) is 3.05. The van der Waals surface area contributed by atoms with Gasteiger partial charge in [-0.25, -0.2) is 4.79 Å². The lowest BCUT2D eigenvalue weighted by Gasteiger charge is -2.39. The molecule has 4 rings (SSSR count). The van der Waals surface area contributed by atoms with Gasteiger partial charge in [0.05, 0.1) is 11.6 Å². The highest BCUT2D eigenvalue weighted by Gasteiger charge is 2.40. The Kier molecular flexibility index (Phi) is 3.61. The number of aromatic carboxylic acids is 1. The Balaban J connectivity index is 1.86. The number of halogens is 1. The first kappa shape index (κ1) is 15.3. The van der Waals surface area contributed by atoms with E-state index in [0.717, 1.165) is 28.3 Å². The third-order valence-electron chi connectivity index (χ3n) is 5.19. The van der Waals surface area contributed by atoms with Crippen molar-refractivity contribution in [2.45, 2.75) is 25.3 Å². The SMILES string of the molecule is Cc1ccc(C(=O)O)c2c1NC(c1ccc(Cl)cc1)C1CC=CC21. The van der Waals surface area contributed by atoms with Crippen LogP contribution in [0.5, 0.6) is 0 Å². The Morgan fingerprint density at radius 1 is 1.21 bits per heavy atom. The molecule has 1 aliphatic heterocycles. The van der Waals surface area contributed by atoms with Crippen molar-refractivity contribution < 1.29 is 9.90 Å². The molecule has 1 aliphatic carbocycles. The summed E-state index contributed by atoms with van der Waals surface area (Å²) in [5, 5.41) is 13.9. The van der Waals surface area contributed by atoms with Crippen LogP contribution < -0.4 is 5.32 Å². The first-order valence-corrected chi connectivity index (χ1v) is 8.49. The van der Waals surface area contributed by atoms with E-state index >= 15 is 0 Å². The highest BCUT2D eigenvalue weighted by atomic mass is 35.5. The predicted octanol–water partition coefficient (Wildman–Crippen LogP) is 5.17. The normalized spacial score (nSPS) is 24.2. The van der Waals surface area contributed by atoms with Crippen LogP contribution in [-0.4, -0.2) is 11.1 Å². The van der Waals surface area contributed by atoms with Crippen LogP contribution >= 0.6 is 11.6 Å². The first-order valence-electron chi connectivity index (χ1n) is 8.11. The van der Waals surface area contributed by atoms with Crippen LogP contribution in [0.25, 0.3) is 0 Å². The number of fused-ring (bicyclic) bond motifs is 3. The molecule has 0 aromatic heterocycles. The zero-order chi connectivity index (χ0) is 16.8. The number of nitrogens with one attached hydrogen (secondary N) is 1. The van der Waals surface area contributed by atoms with Gasteiger partial charge in [-0.05, 0) is 54.2 Å². The molecular weight excluding hydrogens is 322 g/mol. The third-order valence-corrected chi connectivity index (χ3v) is 5.44. The first-order chi connectivity index (χ1) is 11.6. The van der Waals surface area contributed by atoms with Gasteiger partial charge >= 0.3 is 5.97 Å². The van der Waals surface area contributed by atoms with Crippen molar-refractivity contribution in [2.75, 3.05) is 5.32 Å². The molecule has 3 nitrogen and oxygen atoms in total. The highest BCUT2D eigenvalue weighted by molar-refractivity contribution is 6.30. The van der Waals surface area contributed by atoms with Crippen molar-refractivity contribution in [1.82, 2.24) is 0 Å². The smallest absolute Gasteiger partial charge is 0.336 e. The Labute approximate surface area is 146 Å². The van der Waals surface area contributed by atoms with Gasteiger partial charge in [-0.15, -0.1) is 0 Å². The molecule has 0 saturated carbocycles. The van der Waals surface area contributed by atoms with Crippen molar-refractivity contribution >= 4 is 23.3 Å². The predicted molar refractivity (Wildman–Crippen MR) is 95.9 cm³/mol. The molecule has 1 heterocycles. The number of anilines is 1. The highest BCUT2D eigenvalue weighted by Crippen LogP contribution is 2.51. The van der Waals surface area contributed by atoms with Gasteiger partial charge in [0.2, 0.25) is 0 Å². The molecule has 4 heteroatoms. The molecule has 0 fully saturated rings. The van der Waals surface area contributed by atoms with E-state index in [2.05, 4.69) is 29.6 Å². The molecule has 3 atom stereocenters. The fraction of sp³-hybridized carbons (Fsp3) is 0.250. The second-order valence-corrected chi connectivity index (χ2v) is 6.99. The largest absolute Gasteiger partial charge is 0.478 e. The van der Waals surface area contributed by atoms with Gasteiger partial charge in [0.1, 0.15) is 0 Å². The number of aryl methyl sites for hydroxylation is 1. The van der Waals surface area contributed by atoms with Crippen molar-refractivity contribution in [3.8, 4) is 0 Å². The van der Waals surface area contributed by atoms with E-state index in [1.165, 1.54) is 5.56 Å². The van der Waals surface area contributed by atoms with Gasteiger partial charge in [0.15, 0.2) is 0 Å². The van der Waals surface area contributed by atoms with E-state index in [-0.39, 0.29) is 12.0 Å². The number of allylic oxidation sites excluding steroid dienone is 2. The van der Waals surface area contributed by atoms with E-state index in [4.69, 9.17) is 11.6 Å². The maximum absolute atomic E-state index is 11.7. The van der Waals surface area contributed by atoms with Crippen molar-refractivity contribution in [3.63, 3.8) is 0 Å². The standard InChI is InChI=1S/C20H18ClNO2/c1-11-5-10-16(20(23)24)17-14-3-2-4-15(14)19(22-18(11)17)12-6-8-13(21)9-7-12/h2-3,5-10,14-15,19,22H,4H2,1H3,(H,23,24). The summed E-state index contributed by atoms with van der Waals surface area (Å²) in [6.07, 6.45) is 5.28. The van der Waals surface area contributed by atoms with E-state index < -0.39 is 5.97 Å². The topological polar surface area (TPSA) is 49.3 Å². The Hall–Kier alpha value is -2.26. The van der Waals surface area contributed by atoms with Crippen molar-refractivity contribution in [1.29, 1.82) is 0 Å². The maximum Gasteiger partial charge on any atom is 0.336 e. The Bertz CT molecular complexity index is 841. The van der Waals surface area contributed by atoms with E-state index in [1.807, 2.05) is 25.1 Å². The molecule has 0 bridgehead atoms. The third kappa shape index (κ3) is 2.31. The minimum absolute atomic E-state index is 0.132. The fourth-order valence-corrected chi connectivity index (χ4v) is 4.17. The Morgan fingerprint density at radius 3 is 2.67 bits per heavy atom. The van der Waals surface area contributed by atoms with E-state index in [9.17, 15) is 9.90 Å². The molecule has 2 N–H and O–H groups in total. The molecule has 0 saturated heterocycles. The summed E-state index contributed by atoms with van der Waals surface area (Å²) in [5.41, 5.74) is 4.55. The van der Waals surface area contributed by atoms with Crippen molar-refractivity contribution in [3.05, 3.63) is 75.8 Å². The quantitative estimate of drug-likeness (QED) is 0.742. The van der Waals surface area contributed by atoms with Crippen LogP contribution in [0.3, 0.4) is 0 Å². The molecule has 122 valence electrons. The molecular formula is C20H18ClNO2. The van der Waals surface area contributed by atoms with E-state index in [0.29, 0.717) is 11.5 Å². The van der Waals surface area contributed by atoms with Crippen molar-refractivity contribution in [2.24, 2.45) is 5.92 Å². The second-order valence-electron chi connectivity index (χ2n) is 6.55. The zero-order valence-corrected chi connectivity index (χ0v) is 14.0. The summed E-state index contributed by atoms with van der Waals surface area (Å²) in [6.45, 7) is 2.02. The molecule has 2 aromatic carbocycles. The van der Waals surface area contributed by atoms with Gasteiger partial charge in [-0.1, -0.05) is 42.0 Å². The molecule has 0 spiro atoms. The van der Waals surface area contributed by atoms with Crippen LogP contribution in [0.4, 0.5) is 5.69 Å². The molecule has 24 heavy (non-hydrogen) atoms. The summed E-state index contributed by atoms with van der Waals surface area (Å²) >= 11 is 6.03. The molecule has 0 amide bonds. The number of carboxylic acid groups (broad SMARTS) is 1. The number of carboxylic acids is 1. The summed E-state index contributed by atoms with van der Waals surface area (Å²) in [4.78, 5) is 11.7. The maximum atomic E-state index is 11.7. The number of rotatable bonds is 2. The lowest BCUT2D eigenvalue weighted by Crippen LogP contribution is -2.31. The zero-order valence-electron chi connectivity index (χ0n) is 13.3. The van der Waals surface area contributed by atoms with Crippen LogP contribution in [0.2, 0.25) is 5.02 Å². The van der Waals surface area contributed by atoms with Gasteiger partial charge in [-0.2, -0.15) is 0 Å². The number of carbonyl (C=O) groups is 1. The fourth-order valence-electron chi connectivity index (χ4n) is 4.04. The summed E-state index contributed by atoms with van der Waals surface area (Å²) < 4.78 is 0. The van der Waals surface area contributed by atoms with Gasteiger partial charge in [0.25, 0.3) is 0 Å². The van der Waals surface area contributed by atoms with Gasteiger partial charge in [0, 0.05) is 16.6 Å². The Morgan fingerprint density at radius 2 is 1.96 bits per heavy atom. The molecule has 2 aliphatic rings. The van der Waals surface area contributed by atoms with Gasteiger partial charge in [-0.3, -0.25) is 0 Å². The molecule has 3 unspecified atom stereocenters. The monoisotopic (exact) mass is 339 g/mol. The van der Waals surface area contributed by atoms with E-state index in [1.54, 1.807) is 6.07 Å². The van der Waals surface area contributed by atoms with Crippen LogP contribution in [0.15, 0.2) is 48.6 Å². The summed E-state index contributed by atoms with van der Waals surface area (Å²) in [6, 6.07) is 11.7. The second kappa shape index (κ2) is 5.67. The van der Waals surface area contributed by atoms with Gasteiger partial charge < -0.3 is 10.4 Å². The van der Waals surface area contributed by atoms with Crippen LogP contribution in [-0.2, 0) is 0 Å².